The van der Waals surface area contributed by atoms with E-state index in [1.54, 1.807) is 0 Å². The van der Waals surface area contributed by atoms with Gasteiger partial charge in [0.05, 0.1) is 0 Å². The van der Waals surface area contributed by atoms with Gasteiger partial charge in [0.15, 0.2) is 0 Å². The average Bonchev–Trinajstić information content (AvgIpc) is 0.918. The first kappa shape index (κ1) is 37.4. The normalized spacial score (nSPS) is 1.14. The summed E-state index contributed by atoms with van der Waals surface area (Å²) < 4.78 is 0. The van der Waals surface area contributed by atoms with Gasteiger partial charge in [-0.05, 0) is 0 Å². The molecule has 0 heterocycles. The molecule has 0 amide bonds. The van der Waals surface area contributed by atoms with Gasteiger partial charge in [-0.2, -0.15) is 0 Å². The maximum atomic E-state index is 4.34. The van der Waals surface area contributed by atoms with E-state index in [9.17, 15) is 0 Å². The summed E-state index contributed by atoms with van der Waals surface area (Å²) in [6.07, 6.45) is 0. The maximum absolute atomic E-state index is 4.34. The van der Waals surface area contributed by atoms with Crippen LogP contribution in [-0.2, 0) is 41.9 Å². The first-order chi connectivity index (χ1) is 1.41. The zero-order valence-corrected chi connectivity index (χ0v) is 8.96. The van der Waals surface area contributed by atoms with Crippen LogP contribution in [0.4, 0.5) is 0 Å². The molecule has 0 aromatic rings. The first-order valence-corrected chi connectivity index (χ1v) is 5.92. The molecule has 0 saturated heterocycles. The molecular weight excluding hydrogens is 252 g/mol. The number of thiol groups is 2. The molecule has 0 aromatic heterocycles. The van der Waals surface area contributed by atoms with Crippen molar-refractivity contribution in [1.82, 2.24) is 12.3 Å². The molecule has 0 bridgehead atoms. The Morgan fingerprint density at radius 3 is 0.857 bits per heavy atom. The zero-order chi connectivity index (χ0) is 2.71. The minimum atomic E-state index is -0.363. The van der Waals surface area contributed by atoms with Crippen molar-refractivity contribution < 1.29 is 14.9 Å². The van der Waals surface area contributed by atoms with E-state index in [1.807, 2.05) is 0 Å². The third kappa shape index (κ3) is 83.8. The molecule has 0 atom stereocenters. The van der Waals surface area contributed by atoms with Crippen molar-refractivity contribution >= 4 is 46.6 Å². The second-order valence-electron chi connectivity index (χ2n) is 0.0680. The fourth-order valence-electron chi connectivity index (χ4n) is 0. The molecule has 0 aliphatic carbocycles. The fraction of sp³-hybridized carbons (Fsp3) is 0. The first-order valence-electron chi connectivity index (χ1n) is 0.333. The van der Waals surface area contributed by atoms with Crippen LogP contribution in [-0.4, -0.2) is 0 Å². The molecule has 6 N–H and O–H groups in total. The third-order valence-electron chi connectivity index (χ3n) is 0. The molecule has 0 spiro atoms. The molecular formula is H8MoN2S4. The van der Waals surface area contributed by atoms with Crippen LogP contribution in [0, 0.1) is 0 Å². The average molecular weight is 260 g/mol. The Hall–Kier alpha value is 1.75. The van der Waals surface area contributed by atoms with Crippen molar-refractivity contribution in [1.29, 1.82) is 0 Å². The number of rotatable bonds is 0. The minimum absolute atomic E-state index is 0. The monoisotopic (exact) mass is 262 g/mol. The second-order valence-corrected chi connectivity index (χ2v) is 3.62. The van der Waals surface area contributed by atoms with E-state index in [2.05, 4.69) is 19.6 Å². The Kier molecular flexibility index (Phi) is 249. The van der Waals surface area contributed by atoms with Crippen molar-refractivity contribution in [2.75, 3.05) is 0 Å². The number of hydrogen-bond donors (Lipinski definition) is 2. The van der Waals surface area contributed by atoms with E-state index >= 15 is 0 Å². The van der Waals surface area contributed by atoms with Gasteiger partial charge in [-0.25, -0.2) is 0 Å². The van der Waals surface area contributed by atoms with Crippen molar-refractivity contribution in [3.8, 4) is 0 Å². The van der Waals surface area contributed by atoms with E-state index in [-0.39, 0.29) is 54.2 Å². The Bertz CT molecular complexity index is 30.7. The van der Waals surface area contributed by atoms with Gasteiger partial charge in [0.25, 0.3) is 0 Å². The summed E-state index contributed by atoms with van der Waals surface area (Å²) >= 11 is -0.363. The number of hydrogen-bond acceptors (Lipinski definition) is 6. The Balaban J connectivity index is -0.00000000333. The molecule has 48 valence electrons. The molecule has 7 heteroatoms. The molecule has 0 aliphatic rings. The summed E-state index contributed by atoms with van der Waals surface area (Å²) in [5.41, 5.74) is 0. The Labute approximate surface area is 73.3 Å². The quantitative estimate of drug-likeness (QED) is 0.386. The second kappa shape index (κ2) is 46.7. The molecule has 0 radical (unpaired) electrons. The van der Waals surface area contributed by atoms with Crippen LogP contribution in [0.5, 0.6) is 0 Å². The summed E-state index contributed by atoms with van der Waals surface area (Å²) in [7, 11) is 8.68. The van der Waals surface area contributed by atoms with E-state index < -0.39 is 0 Å². The van der Waals surface area contributed by atoms with E-state index in [4.69, 9.17) is 0 Å². The topological polar surface area (TPSA) is 70.0 Å². The fourth-order valence-corrected chi connectivity index (χ4v) is 0. The van der Waals surface area contributed by atoms with Crippen LogP contribution in [0.2, 0.25) is 0 Å². The Morgan fingerprint density at radius 2 is 0.857 bits per heavy atom. The molecule has 2 nitrogen and oxygen atoms in total. The van der Waals surface area contributed by atoms with Crippen molar-refractivity contribution in [2.24, 2.45) is 0 Å². The van der Waals surface area contributed by atoms with Crippen LogP contribution in [0.25, 0.3) is 0 Å². The summed E-state index contributed by atoms with van der Waals surface area (Å²) in [4.78, 5) is 0. The van der Waals surface area contributed by atoms with E-state index in [1.165, 1.54) is 0 Å². The molecule has 0 aromatic carbocycles. The third-order valence-corrected chi connectivity index (χ3v) is 0. The molecule has 0 saturated carbocycles. The Morgan fingerprint density at radius 1 is 0.857 bits per heavy atom. The van der Waals surface area contributed by atoms with Crippen LogP contribution >= 0.6 is 19.6 Å². The molecule has 0 fully saturated rings. The van der Waals surface area contributed by atoms with Crippen molar-refractivity contribution in [3.05, 3.63) is 0 Å². The van der Waals surface area contributed by atoms with Crippen LogP contribution in [0.3, 0.4) is 0 Å². The molecule has 0 unspecified atom stereocenters. The predicted molar refractivity (Wildman–Crippen MR) is 42.7 cm³/mol. The molecule has 0 rings (SSSR count). The predicted octanol–water partition coefficient (Wildman–Crippen LogP) is 1.08. The summed E-state index contributed by atoms with van der Waals surface area (Å²) in [5, 5.41) is 0. The SMILES string of the molecule is N.N.[SH-].[SH-].[S]=[Mo+2]=[S]. The van der Waals surface area contributed by atoms with Gasteiger partial charge in [0, 0.05) is 0 Å². The van der Waals surface area contributed by atoms with Crippen molar-refractivity contribution in [3.63, 3.8) is 0 Å². The van der Waals surface area contributed by atoms with Gasteiger partial charge in [-0.1, -0.05) is 0 Å². The van der Waals surface area contributed by atoms with Crippen LogP contribution < -0.4 is 12.3 Å². The van der Waals surface area contributed by atoms with Gasteiger partial charge >= 0.3 is 34.6 Å². The van der Waals surface area contributed by atoms with Gasteiger partial charge < -0.3 is 39.3 Å². The summed E-state index contributed by atoms with van der Waals surface area (Å²) in [5.74, 6) is 0. The van der Waals surface area contributed by atoms with Gasteiger partial charge in [0.2, 0.25) is 0 Å². The van der Waals surface area contributed by atoms with Crippen LogP contribution in [0.15, 0.2) is 0 Å². The summed E-state index contributed by atoms with van der Waals surface area (Å²) in [6.45, 7) is 0. The molecule has 7 heavy (non-hydrogen) atoms. The summed E-state index contributed by atoms with van der Waals surface area (Å²) in [6, 6.07) is 0. The van der Waals surface area contributed by atoms with Crippen molar-refractivity contribution in [2.45, 2.75) is 0 Å². The zero-order valence-electron chi connectivity index (χ0n) is 3.53. The van der Waals surface area contributed by atoms with Gasteiger partial charge in [-0.3, -0.25) is 0 Å². The van der Waals surface area contributed by atoms with E-state index in [0.29, 0.717) is 0 Å². The van der Waals surface area contributed by atoms with Gasteiger partial charge in [0.1, 0.15) is 0 Å². The standard InChI is InChI=1S/Mo.2H3N.2H2S.2S/h;2*1H3;2*1H2;;/q+2;;;;;;/p-2. The van der Waals surface area contributed by atoms with E-state index in [0.717, 1.165) is 0 Å². The molecule has 0 aliphatic heterocycles. The van der Waals surface area contributed by atoms with Gasteiger partial charge in [-0.15, -0.1) is 0 Å². The van der Waals surface area contributed by atoms with Crippen LogP contribution in [0.1, 0.15) is 0 Å².